The van der Waals surface area contributed by atoms with Gasteiger partial charge in [-0.1, -0.05) is 18.5 Å². The fraction of sp³-hybridized carbons (Fsp3) is 0.429. The molecule has 1 aromatic rings. The second kappa shape index (κ2) is 6.17. The summed E-state index contributed by atoms with van der Waals surface area (Å²) in [5.74, 6) is 0.0301. The molecule has 0 radical (unpaired) electrons. The Morgan fingerprint density at radius 2 is 2.11 bits per heavy atom. The monoisotopic (exact) mass is 280 g/mol. The Labute approximate surface area is 117 Å². The van der Waals surface area contributed by atoms with Crippen LogP contribution in [-0.4, -0.2) is 42.3 Å². The standard InChI is InChI=1S/C14H17ClN2O2/c1-2-12-14(19)16-7-8-17(12)9-13(18)10-3-5-11(15)6-4-10/h3-6,12H,2,7-9H2,1H3,(H,16,19). The van der Waals surface area contributed by atoms with Crippen molar-refractivity contribution in [1.29, 1.82) is 0 Å². The van der Waals surface area contributed by atoms with Crippen molar-refractivity contribution >= 4 is 23.3 Å². The molecule has 4 nitrogen and oxygen atoms in total. The number of nitrogens with one attached hydrogen (secondary N) is 1. The minimum Gasteiger partial charge on any atom is -0.353 e. The molecule has 0 saturated carbocycles. The average Bonchev–Trinajstić information content (AvgIpc) is 2.39. The number of carbonyl (C=O) groups excluding carboxylic acids is 2. The Bertz CT molecular complexity index is 473. The highest BCUT2D eigenvalue weighted by Crippen LogP contribution is 2.13. The van der Waals surface area contributed by atoms with Crippen LogP contribution >= 0.6 is 11.6 Å². The van der Waals surface area contributed by atoms with E-state index in [4.69, 9.17) is 11.6 Å². The summed E-state index contributed by atoms with van der Waals surface area (Å²) in [4.78, 5) is 25.8. The van der Waals surface area contributed by atoms with Crippen molar-refractivity contribution in [3.05, 3.63) is 34.9 Å². The second-order valence-corrected chi connectivity index (χ2v) is 5.05. The molecular formula is C14H17ClN2O2. The summed E-state index contributed by atoms with van der Waals surface area (Å²) in [5.41, 5.74) is 0.630. The van der Waals surface area contributed by atoms with Gasteiger partial charge in [-0.3, -0.25) is 14.5 Å². The maximum atomic E-state index is 12.2. The second-order valence-electron chi connectivity index (χ2n) is 4.62. The van der Waals surface area contributed by atoms with E-state index in [1.807, 2.05) is 11.8 Å². The Kier molecular flexibility index (Phi) is 4.56. The molecule has 1 atom stereocenters. The zero-order valence-electron chi connectivity index (χ0n) is 10.9. The summed E-state index contributed by atoms with van der Waals surface area (Å²) < 4.78 is 0. The molecule has 0 aliphatic carbocycles. The van der Waals surface area contributed by atoms with Crippen LogP contribution in [0.3, 0.4) is 0 Å². The SMILES string of the molecule is CCC1C(=O)NCCN1CC(=O)c1ccc(Cl)cc1. The summed E-state index contributed by atoms with van der Waals surface area (Å²) in [6.07, 6.45) is 0.708. The molecular weight excluding hydrogens is 264 g/mol. The van der Waals surface area contributed by atoms with Crippen molar-refractivity contribution in [2.45, 2.75) is 19.4 Å². The van der Waals surface area contributed by atoms with Crippen LogP contribution in [0.15, 0.2) is 24.3 Å². The molecule has 0 spiro atoms. The lowest BCUT2D eigenvalue weighted by Gasteiger charge is -2.33. The number of Topliss-reactive ketones (excluding diaryl/α,β-unsaturated/α-hetero) is 1. The Balaban J connectivity index is 2.05. The molecule has 1 unspecified atom stereocenters. The summed E-state index contributed by atoms with van der Waals surface area (Å²) in [6.45, 7) is 3.54. The van der Waals surface area contributed by atoms with Gasteiger partial charge >= 0.3 is 0 Å². The molecule has 0 bridgehead atoms. The van der Waals surface area contributed by atoms with Gasteiger partial charge in [0.15, 0.2) is 5.78 Å². The molecule has 19 heavy (non-hydrogen) atoms. The number of ketones is 1. The van der Waals surface area contributed by atoms with E-state index in [1.54, 1.807) is 24.3 Å². The number of amides is 1. The van der Waals surface area contributed by atoms with Gasteiger partial charge in [0.1, 0.15) is 0 Å². The summed E-state index contributed by atoms with van der Waals surface area (Å²) in [5, 5.41) is 3.44. The predicted octanol–water partition coefficient (Wildman–Crippen LogP) is 1.73. The van der Waals surface area contributed by atoms with E-state index < -0.39 is 0 Å². The third-order valence-electron chi connectivity index (χ3n) is 3.34. The highest BCUT2D eigenvalue weighted by Gasteiger charge is 2.29. The zero-order chi connectivity index (χ0) is 13.8. The van der Waals surface area contributed by atoms with Gasteiger partial charge in [0.25, 0.3) is 0 Å². The Morgan fingerprint density at radius 1 is 1.42 bits per heavy atom. The molecule has 1 aromatic carbocycles. The molecule has 1 heterocycles. The van der Waals surface area contributed by atoms with Gasteiger partial charge in [-0.05, 0) is 30.7 Å². The van der Waals surface area contributed by atoms with Crippen LogP contribution in [0.25, 0.3) is 0 Å². The first-order chi connectivity index (χ1) is 9.11. The van der Waals surface area contributed by atoms with Gasteiger partial charge in [0.2, 0.25) is 5.91 Å². The molecule has 1 fully saturated rings. The third kappa shape index (κ3) is 3.33. The number of piperazine rings is 1. The number of rotatable bonds is 4. The molecule has 2 rings (SSSR count). The highest BCUT2D eigenvalue weighted by molar-refractivity contribution is 6.30. The number of hydrogen-bond donors (Lipinski definition) is 1. The fourth-order valence-corrected chi connectivity index (χ4v) is 2.43. The fourth-order valence-electron chi connectivity index (χ4n) is 2.31. The molecule has 0 aromatic heterocycles. The molecule has 1 aliphatic heterocycles. The maximum absolute atomic E-state index is 12.2. The van der Waals surface area contributed by atoms with Crippen molar-refractivity contribution in [3.8, 4) is 0 Å². The first kappa shape index (κ1) is 14.0. The zero-order valence-corrected chi connectivity index (χ0v) is 11.6. The summed E-state index contributed by atoms with van der Waals surface area (Å²) in [7, 11) is 0. The average molecular weight is 281 g/mol. The number of carbonyl (C=O) groups is 2. The first-order valence-electron chi connectivity index (χ1n) is 6.42. The van der Waals surface area contributed by atoms with Gasteiger partial charge in [-0.25, -0.2) is 0 Å². The quantitative estimate of drug-likeness (QED) is 0.855. The predicted molar refractivity (Wildman–Crippen MR) is 74.4 cm³/mol. The van der Waals surface area contributed by atoms with Crippen molar-refractivity contribution in [2.75, 3.05) is 19.6 Å². The van der Waals surface area contributed by atoms with Crippen molar-refractivity contribution in [2.24, 2.45) is 0 Å². The third-order valence-corrected chi connectivity index (χ3v) is 3.59. The van der Waals surface area contributed by atoms with Crippen LogP contribution < -0.4 is 5.32 Å². The van der Waals surface area contributed by atoms with E-state index in [9.17, 15) is 9.59 Å². The smallest absolute Gasteiger partial charge is 0.237 e. The number of nitrogens with zero attached hydrogens (tertiary/aromatic N) is 1. The molecule has 1 N–H and O–H groups in total. The normalized spacial score (nSPS) is 20.1. The maximum Gasteiger partial charge on any atom is 0.237 e. The van der Waals surface area contributed by atoms with E-state index in [0.29, 0.717) is 30.1 Å². The number of hydrogen-bond acceptors (Lipinski definition) is 3. The minimum atomic E-state index is -0.204. The van der Waals surface area contributed by atoms with Crippen LogP contribution in [0.4, 0.5) is 0 Å². The van der Waals surface area contributed by atoms with Crippen molar-refractivity contribution < 1.29 is 9.59 Å². The van der Waals surface area contributed by atoms with Gasteiger partial charge < -0.3 is 5.32 Å². The number of halogens is 1. The van der Waals surface area contributed by atoms with Crippen LogP contribution in [-0.2, 0) is 4.79 Å². The van der Waals surface area contributed by atoms with E-state index in [2.05, 4.69) is 5.32 Å². The van der Waals surface area contributed by atoms with Gasteiger partial charge in [0, 0.05) is 23.7 Å². The molecule has 5 heteroatoms. The van der Waals surface area contributed by atoms with Gasteiger partial charge in [-0.2, -0.15) is 0 Å². The van der Waals surface area contributed by atoms with E-state index in [0.717, 1.165) is 0 Å². The summed E-state index contributed by atoms with van der Waals surface area (Å²) in [6, 6.07) is 6.64. The van der Waals surface area contributed by atoms with Gasteiger partial charge in [0.05, 0.1) is 12.6 Å². The summed E-state index contributed by atoms with van der Waals surface area (Å²) >= 11 is 5.80. The van der Waals surface area contributed by atoms with Crippen LogP contribution in [0.5, 0.6) is 0 Å². The van der Waals surface area contributed by atoms with E-state index >= 15 is 0 Å². The number of benzene rings is 1. The van der Waals surface area contributed by atoms with Crippen LogP contribution in [0.2, 0.25) is 5.02 Å². The highest BCUT2D eigenvalue weighted by atomic mass is 35.5. The van der Waals surface area contributed by atoms with Gasteiger partial charge in [-0.15, -0.1) is 0 Å². The largest absolute Gasteiger partial charge is 0.353 e. The Morgan fingerprint density at radius 3 is 2.74 bits per heavy atom. The Hall–Kier alpha value is -1.39. The van der Waals surface area contributed by atoms with Crippen molar-refractivity contribution in [1.82, 2.24) is 10.2 Å². The minimum absolute atomic E-state index is 0.0117. The molecule has 102 valence electrons. The molecule has 1 aliphatic rings. The lowest BCUT2D eigenvalue weighted by molar-refractivity contribution is -0.128. The molecule has 1 amide bonds. The topological polar surface area (TPSA) is 49.4 Å². The van der Waals surface area contributed by atoms with Crippen molar-refractivity contribution in [3.63, 3.8) is 0 Å². The lowest BCUT2D eigenvalue weighted by Crippen LogP contribution is -2.56. The van der Waals surface area contributed by atoms with Crippen LogP contribution in [0.1, 0.15) is 23.7 Å². The molecule has 1 saturated heterocycles. The van der Waals surface area contributed by atoms with Crippen LogP contribution in [0, 0.1) is 0 Å². The van der Waals surface area contributed by atoms with E-state index in [1.165, 1.54) is 0 Å². The van der Waals surface area contributed by atoms with E-state index in [-0.39, 0.29) is 24.3 Å². The lowest BCUT2D eigenvalue weighted by atomic mass is 10.1. The first-order valence-corrected chi connectivity index (χ1v) is 6.80.